The first-order chi connectivity index (χ1) is 9.22. The monoisotopic (exact) mass is 259 g/mol. The zero-order valence-electron chi connectivity index (χ0n) is 11.3. The van der Waals surface area contributed by atoms with Crippen LogP contribution in [0.2, 0.25) is 0 Å². The van der Waals surface area contributed by atoms with Gasteiger partial charge in [0.05, 0.1) is 12.1 Å². The van der Waals surface area contributed by atoms with Gasteiger partial charge in [-0.1, -0.05) is 18.2 Å². The van der Waals surface area contributed by atoms with Gasteiger partial charge in [-0.05, 0) is 50.8 Å². The number of para-hydroxylation sites is 1. The maximum atomic E-state index is 9.53. The van der Waals surface area contributed by atoms with Crippen LogP contribution in [0.5, 0.6) is 0 Å². The second-order valence-electron chi connectivity index (χ2n) is 5.65. The van der Waals surface area contributed by atoms with Gasteiger partial charge in [-0.15, -0.1) is 0 Å². The van der Waals surface area contributed by atoms with Crippen molar-refractivity contribution in [2.24, 2.45) is 5.92 Å². The van der Waals surface area contributed by atoms with Gasteiger partial charge in [0.15, 0.2) is 0 Å². The molecule has 1 fully saturated rings. The molecule has 0 aliphatic heterocycles. The van der Waals surface area contributed by atoms with Crippen molar-refractivity contribution in [1.29, 1.82) is 0 Å². The summed E-state index contributed by atoms with van der Waals surface area (Å²) in [5.41, 5.74) is 0.947. The standard InChI is InChI=1S/C16H21NO2/c1-11(17-10-12-6-7-14(18)8-12)16-9-13-4-2-3-5-15(13)19-16/h2-5,9,11-12,14,17-18H,6-8,10H2,1H3. The highest BCUT2D eigenvalue weighted by atomic mass is 16.3. The lowest BCUT2D eigenvalue weighted by Crippen LogP contribution is -2.24. The van der Waals surface area contributed by atoms with Crippen molar-refractivity contribution >= 4 is 11.0 Å². The van der Waals surface area contributed by atoms with Crippen molar-refractivity contribution in [3.05, 3.63) is 36.1 Å². The first-order valence-corrected chi connectivity index (χ1v) is 7.12. The molecule has 3 heteroatoms. The number of hydrogen-bond donors (Lipinski definition) is 2. The van der Waals surface area contributed by atoms with Gasteiger partial charge < -0.3 is 14.8 Å². The van der Waals surface area contributed by atoms with Gasteiger partial charge >= 0.3 is 0 Å². The first-order valence-electron chi connectivity index (χ1n) is 7.12. The van der Waals surface area contributed by atoms with E-state index in [-0.39, 0.29) is 12.1 Å². The van der Waals surface area contributed by atoms with E-state index in [9.17, 15) is 5.11 Å². The molecular weight excluding hydrogens is 238 g/mol. The smallest absolute Gasteiger partial charge is 0.134 e. The fraction of sp³-hybridized carbons (Fsp3) is 0.500. The minimum Gasteiger partial charge on any atom is -0.459 e. The van der Waals surface area contributed by atoms with E-state index in [1.165, 1.54) is 0 Å². The predicted molar refractivity (Wildman–Crippen MR) is 76.0 cm³/mol. The molecule has 19 heavy (non-hydrogen) atoms. The summed E-state index contributed by atoms with van der Waals surface area (Å²) >= 11 is 0. The number of benzene rings is 1. The highest BCUT2D eigenvalue weighted by molar-refractivity contribution is 5.77. The second-order valence-corrected chi connectivity index (χ2v) is 5.65. The Morgan fingerprint density at radius 2 is 2.21 bits per heavy atom. The summed E-state index contributed by atoms with van der Waals surface area (Å²) in [6, 6.07) is 10.4. The molecule has 3 nitrogen and oxygen atoms in total. The molecule has 2 N–H and O–H groups in total. The molecule has 3 rings (SSSR count). The molecule has 0 radical (unpaired) electrons. The summed E-state index contributed by atoms with van der Waals surface area (Å²) in [6.45, 7) is 3.08. The molecule has 1 aromatic carbocycles. The highest BCUT2D eigenvalue weighted by Crippen LogP contribution is 2.27. The quantitative estimate of drug-likeness (QED) is 0.886. The largest absolute Gasteiger partial charge is 0.459 e. The van der Waals surface area contributed by atoms with Crippen molar-refractivity contribution in [3.8, 4) is 0 Å². The Bertz CT molecular complexity index is 515. The van der Waals surface area contributed by atoms with Crippen LogP contribution in [-0.2, 0) is 0 Å². The van der Waals surface area contributed by atoms with E-state index in [1.54, 1.807) is 0 Å². The molecule has 1 aromatic heterocycles. The number of aliphatic hydroxyl groups is 1. The minimum absolute atomic E-state index is 0.0895. The normalized spacial score (nSPS) is 24.9. The number of fused-ring (bicyclic) bond motifs is 1. The van der Waals surface area contributed by atoms with E-state index in [0.717, 1.165) is 42.5 Å². The molecule has 0 spiro atoms. The van der Waals surface area contributed by atoms with Gasteiger partial charge in [0, 0.05) is 5.39 Å². The third kappa shape index (κ3) is 2.82. The fourth-order valence-electron chi connectivity index (χ4n) is 2.89. The SMILES string of the molecule is CC(NCC1CCC(O)C1)c1cc2ccccc2o1. The molecule has 3 unspecified atom stereocenters. The minimum atomic E-state index is -0.0895. The molecule has 0 bridgehead atoms. The van der Waals surface area contributed by atoms with Crippen molar-refractivity contribution < 1.29 is 9.52 Å². The third-order valence-corrected chi connectivity index (χ3v) is 4.10. The lowest BCUT2D eigenvalue weighted by molar-refractivity contribution is 0.177. The number of nitrogens with one attached hydrogen (secondary N) is 1. The Hall–Kier alpha value is -1.32. The van der Waals surface area contributed by atoms with Crippen LogP contribution in [0, 0.1) is 5.92 Å². The molecule has 3 atom stereocenters. The predicted octanol–water partition coefficient (Wildman–Crippen LogP) is 3.24. The Balaban J connectivity index is 1.61. The molecule has 2 aromatic rings. The van der Waals surface area contributed by atoms with Crippen molar-refractivity contribution in [2.75, 3.05) is 6.54 Å². The third-order valence-electron chi connectivity index (χ3n) is 4.10. The van der Waals surface area contributed by atoms with Crippen molar-refractivity contribution in [1.82, 2.24) is 5.32 Å². The summed E-state index contributed by atoms with van der Waals surface area (Å²) < 4.78 is 5.85. The topological polar surface area (TPSA) is 45.4 Å². The molecular formula is C16H21NO2. The van der Waals surface area contributed by atoms with E-state index in [1.807, 2.05) is 18.2 Å². The van der Waals surface area contributed by atoms with Crippen LogP contribution < -0.4 is 5.32 Å². The number of furan rings is 1. The Morgan fingerprint density at radius 1 is 1.37 bits per heavy atom. The van der Waals surface area contributed by atoms with Gasteiger partial charge in [-0.2, -0.15) is 0 Å². The molecule has 1 saturated carbocycles. The summed E-state index contributed by atoms with van der Waals surface area (Å²) in [7, 11) is 0. The van der Waals surface area contributed by atoms with Crippen LogP contribution in [0.1, 0.15) is 38.0 Å². The highest BCUT2D eigenvalue weighted by Gasteiger charge is 2.23. The average Bonchev–Trinajstić information content (AvgIpc) is 3.01. The molecule has 102 valence electrons. The Labute approximate surface area is 113 Å². The lowest BCUT2D eigenvalue weighted by Gasteiger charge is -2.15. The summed E-state index contributed by atoms with van der Waals surface area (Å²) in [4.78, 5) is 0. The summed E-state index contributed by atoms with van der Waals surface area (Å²) in [5, 5.41) is 14.2. The summed E-state index contributed by atoms with van der Waals surface area (Å²) in [5.74, 6) is 1.58. The number of rotatable bonds is 4. The van der Waals surface area contributed by atoms with Crippen molar-refractivity contribution in [3.63, 3.8) is 0 Å². The van der Waals surface area contributed by atoms with Crippen LogP contribution in [0.4, 0.5) is 0 Å². The van der Waals surface area contributed by atoms with Crippen LogP contribution in [-0.4, -0.2) is 17.8 Å². The van der Waals surface area contributed by atoms with E-state index >= 15 is 0 Å². The van der Waals surface area contributed by atoms with Gasteiger partial charge in [0.1, 0.15) is 11.3 Å². The molecule has 1 aliphatic rings. The van der Waals surface area contributed by atoms with E-state index in [2.05, 4.69) is 24.4 Å². The van der Waals surface area contributed by atoms with E-state index < -0.39 is 0 Å². The van der Waals surface area contributed by atoms with Crippen molar-refractivity contribution in [2.45, 2.75) is 38.3 Å². The zero-order valence-corrected chi connectivity index (χ0v) is 11.3. The van der Waals surface area contributed by atoms with Crippen LogP contribution in [0.15, 0.2) is 34.7 Å². The zero-order chi connectivity index (χ0) is 13.2. The second kappa shape index (κ2) is 5.35. The maximum Gasteiger partial charge on any atom is 0.134 e. The Morgan fingerprint density at radius 3 is 2.95 bits per heavy atom. The van der Waals surface area contributed by atoms with E-state index in [4.69, 9.17) is 4.42 Å². The Kier molecular flexibility index (Phi) is 3.58. The van der Waals surface area contributed by atoms with E-state index in [0.29, 0.717) is 5.92 Å². The van der Waals surface area contributed by atoms with Gasteiger partial charge in [0.2, 0.25) is 0 Å². The maximum absolute atomic E-state index is 9.53. The fourth-order valence-corrected chi connectivity index (χ4v) is 2.89. The molecule has 0 amide bonds. The van der Waals surface area contributed by atoms with Crippen LogP contribution >= 0.6 is 0 Å². The molecule has 0 saturated heterocycles. The molecule has 1 aliphatic carbocycles. The summed E-state index contributed by atoms with van der Waals surface area (Å²) in [6.07, 6.45) is 2.92. The number of aliphatic hydroxyl groups excluding tert-OH is 1. The van der Waals surface area contributed by atoms with Crippen LogP contribution in [0.3, 0.4) is 0 Å². The van der Waals surface area contributed by atoms with Gasteiger partial charge in [-0.25, -0.2) is 0 Å². The molecule has 1 heterocycles. The van der Waals surface area contributed by atoms with Gasteiger partial charge in [-0.3, -0.25) is 0 Å². The lowest BCUT2D eigenvalue weighted by atomic mass is 10.1. The average molecular weight is 259 g/mol. The van der Waals surface area contributed by atoms with Crippen LogP contribution in [0.25, 0.3) is 11.0 Å². The van der Waals surface area contributed by atoms with Gasteiger partial charge in [0.25, 0.3) is 0 Å². The first kappa shape index (κ1) is 12.7. The number of hydrogen-bond acceptors (Lipinski definition) is 3.